The van der Waals surface area contributed by atoms with E-state index in [1.807, 2.05) is 4.90 Å². The van der Waals surface area contributed by atoms with E-state index in [2.05, 4.69) is 10.1 Å². The number of alkyl halides is 3. The van der Waals surface area contributed by atoms with E-state index >= 15 is 0 Å². The van der Waals surface area contributed by atoms with Gasteiger partial charge in [0.05, 0.1) is 11.3 Å². The topological polar surface area (TPSA) is 51.0 Å². The summed E-state index contributed by atoms with van der Waals surface area (Å²) in [5.74, 6) is 1.32. The van der Waals surface area contributed by atoms with Gasteiger partial charge in [0.15, 0.2) is 0 Å². The Morgan fingerprint density at radius 3 is 2.52 bits per heavy atom. The highest BCUT2D eigenvalue weighted by Crippen LogP contribution is 2.29. The summed E-state index contributed by atoms with van der Waals surface area (Å²) in [6, 6.07) is 4.83. The van der Waals surface area contributed by atoms with Gasteiger partial charge in [0, 0.05) is 25.9 Å². The van der Waals surface area contributed by atoms with Crippen LogP contribution in [0, 0.1) is 6.92 Å². The Kier molecular flexibility index (Phi) is 4.78. The number of aryl methyl sites for hydroxylation is 1. The highest BCUT2D eigenvalue weighted by atomic mass is 19.4. The van der Waals surface area contributed by atoms with Crippen molar-refractivity contribution in [3.63, 3.8) is 0 Å². The first-order chi connectivity index (χ1) is 11.8. The molecule has 1 aromatic carbocycles. The molecule has 0 radical (unpaired) electrons. The zero-order valence-corrected chi connectivity index (χ0v) is 13.9. The smallest absolute Gasteiger partial charge is 0.342 e. The van der Waals surface area contributed by atoms with E-state index in [0.717, 1.165) is 31.5 Å². The van der Waals surface area contributed by atoms with Gasteiger partial charge >= 0.3 is 6.18 Å². The van der Waals surface area contributed by atoms with Gasteiger partial charge in [-0.3, -0.25) is 4.79 Å². The summed E-state index contributed by atoms with van der Waals surface area (Å²) in [5, 5.41) is 4.28. The highest BCUT2D eigenvalue weighted by molar-refractivity contribution is 5.76. The number of carbonyl (C=O) groups excluding carboxylic acids is 1. The molecular weight excluding hydrogens is 333 g/mol. The molecule has 2 heterocycles. The molecule has 0 atom stereocenters. The fourth-order valence-corrected chi connectivity index (χ4v) is 2.95. The first-order valence-corrected chi connectivity index (χ1v) is 8.22. The zero-order chi connectivity index (χ0) is 18.0. The lowest BCUT2D eigenvalue weighted by molar-refractivity contribution is -0.137. The molecule has 1 amide bonds. The molecule has 1 aliphatic heterocycles. The van der Waals surface area contributed by atoms with Crippen LogP contribution >= 0.6 is 0 Å². The molecule has 25 heavy (non-hydrogen) atoms. The number of piperidine rings is 1. The zero-order valence-electron chi connectivity index (χ0n) is 13.9. The quantitative estimate of drug-likeness (QED) is 0.849. The molecule has 2 aromatic rings. The van der Waals surface area contributed by atoms with Crippen LogP contribution < -0.4 is 0 Å². The molecule has 0 unspecified atom stereocenters. The van der Waals surface area contributed by atoms with E-state index in [0.29, 0.717) is 36.7 Å². The number of nitrogens with zero attached hydrogens (tertiary/aromatic N) is 4. The second-order valence-corrected chi connectivity index (χ2v) is 6.12. The number of rotatable bonds is 4. The molecular formula is C17H19F3N4O. The minimum absolute atomic E-state index is 0.142. The van der Waals surface area contributed by atoms with E-state index < -0.39 is 11.7 Å². The standard InChI is InChI=1S/C17H19F3N4O/c1-12-21-15(9-11-23-10-3-2-4-16(23)25)24(22-12)14-7-5-13(6-8-14)17(18,19)20/h5-8H,2-4,9-11H2,1H3. The second kappa shape index (κ2) is 6.85. The molecule has 0 N–H and O–H groups in total. The van der Waals surface area contributed by atoms with Crippen LogP contribution in [0.1, 0.15) is 36.5 Å². The van der Waals surface area contributed by atoms with E-state index in [-0.39, 0.29) is 5.91 Å². The number of halogens is 3. The third-order valence-corrected chi connectivity index (χ3v) is 4.25. The summed E-state index contributed by atoms with van der Waals surface area (Å²) in [6.45, 7) is 3.01. The molecule has 0 bridgehead atoms. The third-order valence-electron chi connectivity index (χ3n) is 4.25. The Hall–Kier alpha value is -2.38. The maximum Gasteiger partial charge on any atom is 0.416 e. The number of hydrogen-bond donors (Lipinski definition) is 0. The molecule has 1 fully saturated rings. The van der Waals surface area contributed by atoms with Gasteiger partial charge in [0.1, 0.15) is 11.6 Å². The summed E-state index contributed by atoms with van der Waals surface area (Å²) in [4.78, 5) is 18.1. The summed E-state index contributed by atoms with van der Waals surface area (Å²) in [5.41, 5.74) is -0.179. The number of aromatic nitrogens is 3. The van der Waals surface area contributed by atoms with Crippen LogP contribution in [-0.2, 0) is 17.4 Å². The maximum absolute atomic E-state index is 12.7. The molecule has 1 aromatic heterocycles. The number of likely N-dealkylation sites (tertiary alicyclic amines) is 1. The van der Waals surface area contributed by atoms with Gasteiger partial charge in [0.25, 0.3) is 0 Å². The van der Waals surface area contributed by atoms with E-state index in [9.17, 15) is 18.0 Å². The molecule has 1 saturated heterocycles. The predicted octanol–water partition coefficient (Wildman–Crippen LogP) is 3.15. The monoisotopic (exact) mass is 352 g/mol. The van der Waals surface area contributed by atoms with Crippen molar-refractivity contribution in [1.29, 1.82) is 0 Å². The molecule has 0 spiro atoms. The van der Waals surface area contributed by atoms with Crippen molar-refractivity contribution < 1.29 is 18.0 Å². The third kappa shape index (κ3) is 4.00. The van der Waals surface area contributed by atoms with Gasteiger partial charge in [-0.2, -0.15) is 18.3 Å². The molecule has 1 aliphatic rings. The summed E-state index contributed by atoms with van der Waals surface area (Å²) < 4.78 is 39.6. The number of amides is 1. The predicted molar refractivity (Wildman–Crippen MR) is 85.2 cm³/mol. The molecule has 5 nitrogen and oxygen atoms in total. The van der Waals surface area contributed by atoms with Gasteiger partial charge in [-0.1, -0.05) is 0 Å². The van der Waals surface area contributed by atoms with Crippen LogP contribution in [0.2, 0.25) is 0 Å². The van der Waals surface area contributed by atoms with Crippen molar-refractivity contribution in [2.75, 3.05) is 13.1 Å². The number of hydrogen-bond acceptors (Lipinski definition) is 3. The van der Waals surface area contributed by atoms with E-state index in [1.54, 1.807) is 11.6 Å². The first-order valence-electron chi connectivity index (χ1n) is 8.22. The van der Waals surface area contributed by atoms with Crippen molar-refractivity contribution in [3.05, 3.63) is 41.5 Å². The van der Waals surface area contributed by atoms with Crippen molar-refractivity contribution in [2.24, 2.45) is 0 Å². The van der Waals surface area contributed by atoms with Crippen LogP contribution in [-0.4, -0.2) is 38.7 Å². The van der Waals surface area contributed by atoms with Crippen LogP contribution in [0.3, 0.4) is 0 Å². The fourth-order valence-electron chi connectivity index (χ4n) is 2.95. The fraction of sp³-hybridized carbons (Fsp3) is 0.471. The van der Waals surface area contributed by atoms with Crippen LogP contribution in [0.5, 0.6) is 0 Å². The molecule has 0 aliphatic carbocycles. The van der Waals surface area contributed by atoms with E-state index in [4.69, 9.17) is 0 Å². The number of benzene rings is 1. The molecule has 8 heteroatoms. The molecule has 134 valence electrons. The van der Waals surface area contributed by atoms with Crippen molar-refractivity contribution in [1.82, 2.24) is 19.7 Å². The lowest BCUT2D eigenvalue weighted by Gasteiger charge is -2.26. The average molecular weight is 352 g/mol. The minimum Gasteiger partial charge on any atom is -0.342 e. The van der Waals surface area contributed by atoms with Crippen LogP contribution in [0.25, 0.3) is 5.69 Å². The first kappa shape index (κ1) is 17.4. The largest absolute Gasteiger partial charge is 0.416 e. The number of carbonyl (C=O) groups is 1. The Balaban J connectivity index is 1.77. The highest BCUT2D eigenvalue weighted by Gasteiger charge is 2.30. The van der Waals surface area contributed by atoms with Crippen molar-refractivity contribution in [3.8, 4) is 5.69 Å². The van der Waals surface area contributed by atoms with Crippen molar-refractivity contribution in [2.45, 2.75) is 38.8 Å². The normalized spacial score (nSPS) is 15.7. The van der Waals surface area contributed by atoms with Gasteiger partial charge < -0.3 is 4.90 Å². The van der Waals surface area contributed by atoms with Crippen LogP contribution in [0.4, 0.5) is 13.2 Å². The molecule has 3 rings (SSSR count). The lowest BCUT2D eigenvalue weighted by atomic mass is 10.1. The summed E-state index contributed by atoms with van der Waals surface area (Å²) in [7, 11) is 0. The van der Waals surface area contributed by atoms with Gasteiger partial charge in [0.2, 0.25) is 5.91 Å². The van der Waals surface area contributed by atoms with Gasteiger partial charge in [-0.05, 0) is 44.0 Å². The molecule has 0 saturated carbocycles. The van der Waals surface area contributed by atoms with E-state index in [1.165, 1.54) is 12.1 Å². The lowest BCUT2D eigenvalue weighted by Crippen LogP contribution is -2.37. The average Bonchev–Trinajstić information content (AvgIpc) is 2.94. The SMILES string of the molecule is Cc1nc(CCN2CCCCC2=O)n(-c2ccc(C(F)(F)F)cc2)n1. The summed E-state index contributed by atoms with van der Waals surface area (Å²) in [6.07, 6.45) is -1.36. The maximum atomic E-state index is 12.7. The Morgan fingerprint density at radius 2 is 1.88 bits per heavy atom. The Labute approximate surface area is 143 Å². The van der Waals surface area contributed by atoms with Gasteiger partial charge in [-0.15, -0.1) is 0 Å². The Morgan fingerprint density at radius 1 is 1.16 bits per heavy atom. The van der Waals surface area contributed by atoms with Crippen molar-refractivity contribution >= 4 is 5.91 Å². The second-order valence-electron chi connectivity index (χ2n) is 6.12. The summed E-state index contributed by atoms with van der Waals surface area (Å²) >= 11 is 0. The van der Waals surface area contributed by atoms with Crippen LogP contribution in [0.15, 0.2) is 24.3 Å². The Bertz CT molecular complexity index is 752. The minimum atomic E-state index is -4.37. The van der Waals surface area contributed by atoms with Gasteiger partial charge in [-0.25, -0.2) is 9.67 Å².